The number of halogens is 2. The molecule has 1 aliphatic carbocycles. The van der Waals surface area contributed by atoms with E-state index in [4.69, 9.17) is 26.3 Å². The number of carboxylic acids is 1. The van der Waals surface area contributed by atoms with E-state index in [9.17, 15) is 14.3 Å². The number of nitrogens with zero attached hydrogens (tertiary/aromatic N) is 3. The van der Waals surface area contributed by atoms with Crippen LogP contribution in [0.5, 0.6) is 5.75 Å². The lowest BCUT2D eigenvalue weighted by Gasteiger charge is -2.26. The molecule has 9 heteroatoms. The number of fused-ring (bicyclic) bond motifs is 3. The molecule has 2 heterocycles. The molecule has 2 unspecified atom stereocenters. The van der Waals surface area contributed by atoms with E-state index in [1.807, 2.05) is 18.2 Å². The Hall–Kier alpha value is -4.04. The maximum absolute atomic E-state index is 14.7. The predicted molar refractivity (Wildman–Crippen MR) is 131 cm³/mol. The Bertz CT molecular complexity index is 1420. The fourth-order valence-corrected chi connectivity index (χ4v) is 4.54. The van der Waals surface area contributed by atoms with Crippen molar-refractivity contribution in [2.45, 2.75) is 12.5 Å². The van der Waals surface area contributed by atoms with Crippen molar-refractivity contribution in [3.8, 4) is 5.75 Å². The minimum atomic E-state index is -1.08. The number of ether oxygens (including phenoxy) is 1. The van der Waals surface area contributed by atoms with E-state index in [1.165, 1.54) is 19.2 Å². The fourth-order valence-electron chi connectivity index (χ4n) is 4.33. The number of benzene rings is 2. The first kappa shape index (κ1) is 22.7. The van der Waals surface area contributed by atoms with Gasteiger partial charge in [-0.3, -0.25) is 4.99 Å². The van der Waals surface area contributed by atoms with Gasteiger partial charge >= 0.3 is 5.97 Å². The molecule has 3 aromatic rings. The van der Waals surface area contributed by atoms with Crippen molar-refractivity contribution in [2.24, 2.45) is 10.9 Å². The predicted octanol–water partition coefficient (Wildman–Crippen LogP) is 5.46. The summed E-state index contributed by atoms with van der Waals surface area (Å²) in [6.45, 7) is 0.298. The van der Waals surface area contributed by atoms with Crippen LogP contribution in [-0.4, -0.2) is 33.9 Å². The monoisotopic (exact) mass is 490 g/mol. The lowest BCUT2D eigenvalue weighted by Crippen LogP contribution is -2.23. The van der Waals surface area contributed by atoms with E-state index in [1.54, 1.807) is 36.5 Å². The second-order valence-corrected chi connectivity index (χ2v) is 8.53. The highest BCUT2D eigenvalue weighted by molar-refractivity contribution is 6.31. The summed E-state index contributed by atoms with van der Waals surface area (Å²) >= 11 is 6.34. The number of aromatic nitrogens is 2. The van der Waals surface area contributed by atoms with Gasteiger partial charge in [0.05, 0.1) is 25.1 Å². The minimum Gasteiger partial charge on any atom is -0.496 e. The Balaban J connectivity index is 1.52. The van der Waals surface area contributed by atoms with Crippen LogP contribution in [0.15, 0.2) is 76.9 Å². The molecule has 0 saturated carbocycles. The number of aliphatic imine (C=N–C) groups is 1. The summed E-state index contributed by atoms with van der Waals surface area (Å²) in [6.07, 6.45) is 7.33. The second kappa shape index (κ2) is 9.31. The molecule has 1 aromatic heterocycles. The number of allylic oxidation sites excluding steroid dienone is 4. The number of carbonyl (C=O) groups is 1. The smallest absolute Gasteiger partial charge is 0.339 e. The molecule has 0 saturated heterocycles. The van der Waals surface area contributed by atoms with Gasteiger partial charge in [0.15, 0.2) is 0 Å². The lowest BCUT2D eigenvalue weighted by molar-refractivity contribution is 0.0693. The first-order chi connectivity index (χ1) is 16.9. The average molecular weight is 491 g/mol. The van der Waals surface area contributed by atoms with E-state index in [0.29, 0.717) is 34.5 Å². The summed E-state index contributed by atoms with van der Waals surface area (Å²) in [6, 6.07) is 11.2. The number of nitrogens with one attached hydrogen (secondary N) is 1. The molecule has 1 aliphatic heterocycles. The molecule has 2 atom stereocenters. The van der Waals surface area contributed by atoms with Crippen LogP contribution < -0.4 is 10.1 Å². The van der Waals surface area contributed by atoms with Crippen molar-refractivity contribution in [1.82, 2.24) is 9.97 Å². The van der Waals surface area contributed by atoms with Gasteiger partial charge in [-0.25, -0.2) is 19.2 Å². The lowest BCUT2D eigenvalue weighted by atomic mass is 9.80. The molecule has 176 valence electrons. The molecule has 0 amide bonds. The molecular formula is C26H20ClFN4O3. The van der Waals surface area contributed by atoms with Gasteiger partial charge in [0.1, 0.15) is 17.1 Å². The SMILES string of the molecule is COc1cc(Nc2ncc3c(n2)C2C=CC(Cl)=CC2C(c2ccccc2F)=NC3)ccc1C(=O)O. The third kappa shape index (κ3) is 4.40. The van der Waals surface area contributed by atoms with E-state index in [0.717, 1.165) is 11.3 Å². The molecule has 5 rings (SSSR count). The highest BCUT2D eigenvalue weighted by Gasteiger charge is 2.33. The van der Waals surface area contributed by atoms with Crippen LogP contribution in [0.25, 0.3) is 0 Å². The van der Waals surface area contributed by atoms with Gasteiger partial charge in [-0.1, -0.05) is 42.0 Å². The zero-order chi connectivity index (χ0) is 24.5. The summed E-state index contributed by atoms with van der Waals surface area (Å²) in [5.41, 5.74) is 3.25. The van der Waals surface area contributed by atoms with E-state index < -0.39 is 5.97 Å². The van der Waals surface area contributed by atoms with Gasteiger partial charge in [-0.05, 0) is 24.3 Å². The summed E-state index contributed by atoms with van der Waals surface area (Å²) in [5, 5.41) is 13.0. The third-order valence-electron chi connectivity index (χ3n) is 5.98. The number of hydrogen-bond acceptors (Lipinski definition) is 6. The summed E-state index contributed by atoms with van der Waals surface area (Å²) in [7, 11) is 1.41. The van der Waals surface area contributed by atoms with Crippen molar-refractivity contribution < 1.29 is 19.0 Å². The zero-order valence-electron chi connectivity index (χ0n) is 18.6. The van der Waals surface area contributed by atoms with E-state index in [2.05, 4.69) is 10.3 Å². The number of anilines is 2. The largest absolute Gasteiger partial charge is 0.496 e. The average Bonchev–Trinajstić information content (AvgIpc) is 3.00. The van der Waals surface area contributed by atoms with Gasteiger partial charge < -0.3 is 15.2 Å². The highest BCUT2D eigenvalue weighted by Crippen LogP contribution is 2.39. The number of aromatic carboxylic acids is 1. The van der Waals surface area contributed by atoms with Crippen molar-refractivity contribution in [3.63, 3.8) is 0 Å². The van der Waals surface area contributed by atoms with Crippen LogP contribution in [0.3, 0.4) is 0 Å². The minimum absolute atomic E-state index is 0.0533. The Morgan fingerprint density at radius 2 is 2.06 bits per heavy atom. The van der Waals surface area contributed by atoms with Crippen molar-refractivity contribution in [1.29, 1.82) is 0 Å². The topological polar surface area (TPSA) is 96.7 Å². The maximum atomic E-state index is 14.7. The van der Waals surface area contributed by atoms with E-state index in [-0.39, 0.29) is 29.0 Å². The first-order valence-corrected chi connectivity index (χ1v) is 11.2. The van der Waals surface area contributed by atoms with Crippen LogP contribution >= 0.6 is 11.6 Å². The van der Waals surface area contributed by atoms with Crippen molar-refractivity contribution >= 4 is 34.9 Å². The number of hydrogen-bond donors (Lipinski definition) is 2. The molecule has 7 nitrogen and oxygen atoms in total. The van der Waals surface area contributed by atoms with Gasteiger partial charge in [-0.2, -0.15) is 0 Å². The Morgan fingerprint density at radius 1 is 1.23 bits per heavy atom. The van der Waals surface area contributed by atoms with Crippen LogP contribution in [0.2, 0.25) is 0 Å². The molecular weight excluding hydrogens is 471 g/mol. The zero-order valence-corrected chi connectivity index (χ0v) is 19.3. The maximum Gasteiger partial charge on any atom is 0.339 e. The van der Waals surface area contributed by atoms with E-state index >= 15 is 0 Å². The highest BCUT2D eigenvalue weighted by atomic mass is 35.5. The molecule has 2 aromatic carbocycles. The van der Waals surface area contributed by atoms with Gasteiger partial charge in [-0.15, -0.1) is 0 Å². The van der Waals surface area contributed by atoms with Crippen molar-refractivity contribution in [3.05, 3.63) is 100 Å². The first-order valence-electron chi connectivity index (χ1n) is 10.8. The molecule has 0 bridgehead atoms. The van der Waals surface area contributed by atoms with Gasteiger partial charge in [0.2, 0.25) is 5.95 Å². The molecule has 2 aliphatic rings. The van der Waals surface area contributed by atoms with Crippen LogP contribution in [0.1, 0.15) is 33.1 Å². The third-order valence-corrected chi connectivity index (χ3v) is 6.23. The summed E-state index contributed by atoms with van der Waals surface area (Å²) < 4.78 is 19.9. The Labute approximate surface area is 205 Å². The molecule has 35 heavy (non-hydrogen) atoms. The fraction of sp³-hybridized carbons (Fsp3) is 0.154. The Morgan fingerprint density at radius 3 is 2.83 bits per heavy atom. The van der Waals surface area contributed by atoms with Crippen LogP contribution in [-0.2, 0) is 6.54 Å². The molecule has 0 fully saturated rings. The number of methoxy groups -OCH3 is 1. The quantitative estimate of drug-likeness (QED) is 0.493. The van der Waals surface area contributed by atoms with Crippen LogP contribution in [0, 0.1) is 11.7 Å². The Kier molecular flexibility index (Phi) is 6.05. The van der Waals surface area contributed by atoms with Gasteiger partial charge in [0, 0.05) is 45.9 Å². The summed E-state index contributed by atoms with van der Waals surface area (Å²) in [5.74, 6) is -1.40. The van der Waals surface area contributed by atoms with Crippen LogP contribution in [0.4, 0.5) is 16.0 Å². The standard InChI is InChI=1S/C26H20ClFN4O3/c1-35-22-11-16(7-9-19(22)25(33)34)31-26-30-13-14-12-29-24(18-4-2-3-5-21(18)28)20-10-15(27)6-8-17(20)23(14)32-26/h2-11,13,17,20H,12H2,1H3,(H,33,34)(H,30,31,32). The molecule has 0 spiro atoms. The number of carboxylic acid groups (broad SMARTS) is 1. The summed E-state index contributed by atoms with van der Waals surface area (Å²) in [4.78, 5) is 25.3. The van der Waals surface area contributed by atoms with Crippen molar-refractivity contribution in [2.75, 3.05) is 12.4 Å². The second-order valence-electron chi connectivity index (χ2n) is 8.09. The molecule has 2 N–H and O–H groups in total. The molecule has 0 radical (unpaired) electrons. The number of rotatable bonds is 5. The normalized spacial score (nSPS) is 18.5. The van der Waals surface area contributed by atoms with Gasteiger partial charge in [0.25, 0.3) is 0 Å².